The molecule has 1 saturated carbocycles. The molecule has 10 nitrogen and oxygen atoms in total. The van der Waals surface area contributed by atoms with E-state index in [9.17, 15) is 19.6 Å². The maximum Gasteiger partial charge on any atom is 0.319 e. The second-order valence-corrected chi connectivity index (χ2v) is 12.7. The van der Waals surface area contributed by atoms with Crippen LogP contribution in [0.25, 0.3) is 32.9 Å². The molecule has 1 N–H and O–H groups in total. The molecule has 1 aliphatic carbocycles. The summed E-state index contributed by atoms with van der Waals surface area (Å²) in [6.45, 7) is 1.42. The van der Waals surface area contributed by atoms with Crippen molar-refractivity contribution >= 4 is 45.0 Å². The molecular formula is C35H32ClF2N7O3. The van der Waals surface area contributed by atoms with Crippen molar-refractivity contribution < 1.29 is 23.4 Å². The van der Waals surface area contributed by atoms with Crippen molar-refractivity contribution in [1.29, 1.82) is 5.26 Å². The predicted molar refractivity (Wildman–Crippen MR) is 177 cm³/mol. The van der Waals surface area contributed by atoms with Crippen LogP contribution in [0.15, 0.2) is 42.6 Å². The number of piperidine rings is 1. The number of halogens is 3. The van der Waals surface area contributed by atoms with Gasteiger partial charge in [0.2, 0.25) is 0 Å². The lowest BCUT2D eigenvalue weighted by Crippen LogP contribution is -2.55. The highest BCUT2D eigenvalue weighted by atomic mass is 35.5. The van der Waals surface area contributed by atoms with E-state index in [1.807, 2.05) is 29.2 Å². The number of nitriles is 1. The van der Waals surface area contributed by atoms with Crippen LogP contribution < -0.4 is 9.64 Å². The number of nitrogens with zero attached hydrogens (tertiary/aromatic N) is 7. The van der Waals surface area contributed by atoms with Gasteiger partial charge >= 0.3 is 6.01 Å². The van der Waals surface area contributed by atoms with Gasteiger partial charge in [-0.25, -0.2) is 8.78 Å². The SMILES string of the molecule is N#CC[C@H]1CN(c2nc(OCCCN3C[C@H](O)C4C[C@H]43)nc3c(F)c(-c4cccc5cccc(Cl)c45)ncc23)CCN1C(=O)C#CCF. The monoisotopic (exact) mass is 671 g/mol. The summed E-state index contributed by atoms with van der Waals surface area (Å²) in [6.07, 6.45) is 2.94. The number of anilines is 1. The predicted octanol–water partition coefficient (Wildman–Crippen LogP) is 4.38. The number of pyridine rings is 1. The van der Waals surface area contributed by atoms with Crippen molar-refractivity contribution in [3.05, 3.63) is 53.4 Å². The highest BCUT2D eigenvalue weighted by molar-refractivity contribution is 6.36. The van der Waals surface area contributed by atoms with Gasteiger partial charge in [0, 0.05) is 66.9 Å². The lowest BCUT2D eigenvalue weighted by molar-refractivity contribution is -0.127. The first-order valence-electron chi connectivity index (χ1n) is 15.9. The van der Waals surface area contributed by atoms with Crippen LogP contribution in [-0.2, 0) is 4.79 Å². The van der Waals surface area contributed by atoms with Gasteiger partial charge in [-0.15, -0.1) is 0 Å². The summed E-state index contributed by atoms with van der Waals surface area (Å²) in [5, 5.41) is 22.0. The van der Waals surface area contributed by atoms with Crippen LogP contribution >= 0.6 is 11.6 Å². The number of aliphatic hydroxyl groups is 1. The van der Waals surface area contributed by atoms with E-state index in [2.05, 4.69) is 32.8 Å². The maximum absolute atomic E-state index is 16.7. The summed E-state index contributed by atoms with van der Waals surface area (Å²) < 4.78 is 35.3. The minimum atomic E-state index is -0.947. The van der Waals surface area contributed by atoms with E-state index in [1.165, 1.54) is 11.1 Å². The number of rotatable bonds is 8. The highest BCUT2D eigenvalue weighted by Crippen LogP contribution is 2.44. The number of likely N-dealkylation sites (tertiary alicyclic amines) is 1. The van der Waals surface area contributed by atoms with Gasteiger partial charge in [-0.2, -0.15) is 15.2 Å². The summed E-state index contributed by atoms with van der Waals surface area (Å²) in [4.78, 5) is 32.1. The molecule has 2 aromatic heterocycles. The summed E-state index contributed by atoms with van der Waals surface area (Å²) in [6, 6.07) is 12.9. The quantitative estimate of drug-likeness (QED) is 0.215. The van der Waals surface area contributed by atoms with Gasteiger partial charge in [0.15, 0.2) is 12.5 Å². The molecular weight excluding hydrogens is 640 g/mol. The number of hydrogen-bond acceptors (Lipinski definition) is 9. The van der Waals surface area contributed by atoms with Crippen LogP contribution in [0.1, 0.15) is 19.3 Å². The van der Waals surface area contributed by atoms with Crippen LogP contribution in [-0.4, -0.2) is 100.0 Å². The van der Waals surface area contributed by atoms with Gasteiger partial charge in [0.1, 0.15) is 17.0 Å². The summed E-state index contributed by atoms with van der Waals surface area (Å²) in [5.41, 5.74) is 0.603. The van der Waals surface area contributed by atoms with Crippen molar-refractivity contribution in [2.45, 2.75) is 37.5 Å². The van der Waals surface area contributed by atoms with E-state index in [1.54, 1.807) is 12.1 Å². The van der Waals surface area contributed by atoms with Gasteiger partial charge in [0.25, 0.3) is 5.91 Å². The number of aromatic nitrogens is 3. The Kier molecular flexibility index (Phi) is 8.97. The maximum atomic E-state index is 16.7. The molecule has 4 aromatic rings. The fourth-order valence-corrected chi connectivity index (χ4v) is 7.30. The third kappa shape index (κ3) is 6.08. The summed E-state index contributed by atoms with van der Waals surface area (Å²) in [5.74, 6) is 3.95. The molecule has 13 heteroatoms. The van der Waals surface area contributed by atoms with Crippen LogP contribution in [0.5, 0.6) is 6.01 Å². The zero-order chi connectivity index (χ0) is 33.4. The molecule has 4 atom stereocenters. The minimum Gasteiger partial charge on any atom is -0.463 e. The molecule has 48 heavy (non-hydrogen) atoms. The average molecular weight is 672 g/mol. The van der Waals surface area contributed by atoms with E-state index >= 15 is 4.39 Å². The third-order valence-corrected chi connectivity index (χ3v) is 9.71. The first kappa shape index (κ1) is 32.0. The molecule has 3 aliphatic rings. The molecule has 0 bridgehead atoms. The Hall–Kier alpha value is -4.62. The third-order valence-electron chi connectivity index (χ3n) is 9.40. The number of aliphatic hydroxyl groups excluding tert-OH is 1. The van der Waals surface area contributed by atoms with Crippen molar-refractivity contribution in [3.8, 4) is 35.2 Å². The number of β-amino-alcohol motifs (C(OH)–C–C–N with tert-alkyl or cyclic N) is 1. The molecule has 1 unspecified atom stereocenters. The summed E-state index contributed by atoms with van der Waals surface area (Å²) >= 11 is 6.58. The average Bonchev–Trinajstić information content (AvgIpc) is 3.84. The zero-order valence-electron chi connectivity index (χ0n) is 26.0. The number of amides is 1. The Morgan fingerprint density at radius 3 is 2.75 bits per heavy atom. The smallest absolute Gasteiger partial charge is 0.319 e. The molecule has 3 fully saturated rings. The lowest BCUT2D eigenvalue weighted by Gasteiger charge is -2.40. The lowest BCUT2D eigenvalue weighted by atomic mass is 10.0. The van der Waals surface area contributed by atoms with Crippen molar-refractivity contribution in [3.63, 3.8) is 0 Å². The molecule has 4 heterocycles. The number of benzene rings is 2. The summed E-state index contributed by atoms with van der Waals surface area (Å²) in [7, 11) is 0. The largest absolute Gasteiger partial charge is 0.463 e. The standard InChI is InChI=1S/C35H32ClF2N7O3/c36-26-8-2-6-21-5-1-7-23(30(21)26)32-31(38)33-25(18-40-32)34(44-14-15-45(22(19-44)10-12-39)29(47)9-3-11-37)42-35(41-33)48-16-4-13-43-20-28(46)24-17-27(24)43/h1-2,5-8,18,22,24,27-28,46H,4,10-11,13-17,19-20H2/t22-,24?,27+,28-/m0/s1. The Morgan fingerprint density at radius 1 is 1.17 bits per heavy atom. The van der Waals surface area contributed by atoms with Crippen LogP contribution in [0.4, 0.5) is 14.6 Å². The van der Waals surface area contributed by atoms with E-state index in [0.29, 0.717) is 58.6 Å². The van der Waals surface area contributed by atoms with E-state index in [-0.39, 0.29) is 49.4 Å². The fraction of sp³-hybridized carbons (Fsp3) is 0.400. The van der Waals surface area contributed by atoms with Gasteiger partial charge in [-0.3, -0.25) is 14.7 Å². The zero-order valence-corrected chi connectivity index (χ0v) is 26.7. The number of alkyl halides is 1. The normalized spacial score (nSPS) is 21.9. The number of hydrogen-bond donors (Lipinski definition) is 1. The Labute approximate surface area is 280 Å². The van der Waals surface area contributed by atoms with Crippen LogP contribution in [0.2, 0.25) is 5.02 Å². The number of piperazine rings is 1. The van der Waals surface area contributed by atoms with Crippen molar-refractivity contribution in [2.24, 2.45) is 5.92 Å². The molecule has 7 rings (SSSR count). The van der Waals surface area contributed by atoms with Crippen LogP contribution in [0.3, 0.4) is 0 Å². The fourth-order valence-electron chi connectivity index (χ4n) is 7.02. The number of carbonyl (C=O) groups excluding carboxylic acids is 1. The van der Waals surface area contributed by atoms with E-state index in [0.717, 1.165) is 18.4 Å². The number of ether oxygens (including phenoxy) is 1. The van der Waals surface area contributed by atoms with Gasteiger partial charge < -0.3 is 19.6 Å². The van der Waals surface area contributed by atoms with Crippen molar-refractivity contribution in [1.82, 2.24) is 24.8 Å². The Morgan fingerprint density at radius 2 is 2.00 bits per heavy atom. The molecule has 2 aliphatic heterocycles. The molecule has 2 saturated heterocycles. The molecule has 246 valence electrons. The Bertz CT molecular complexity index is 1990. The van der Waals surface area contributed by atoms with Crippen LogP contribution in [0, 0.1) is 34.9 Å². The molecule has 0 radical (unpaired) electrons. The van der Waals surface area contributed by atoms with Gasteiger partial charge in [0.05, 0.1) is 36.6 Å². The van der Waals surface area contributed by atoms with Gasteiger partial charge in [-0.1, -0.05) is 47.9 Å². The molecule has 1 amide bonds. The van der Waals surface area contributed by atoms with Crippen molar-refractivity contribution in [2.75, 3.05) is 50.9 Å². The minimum absolute atomic E-state index is 0.0108. The Balaban J connectivity index is 1.24. The van der Waals surface area contributed by atoms with Gasteiger partial charge in [-0.05, 0) is 30.2 Å². The second-order valence-electron chi connectivity index (χ2n) is 12.3. The first-order valence-corrected chi connectivity index (χ1v) is 16.3. The number of carbonyl (C=O) groups is 1. The highest BCUT2D eigenvalue weighted by Gasteiger charge is 2.52. The van der Waals surface area contributed by atoms with E-state index < -0.39 is 24.4 Å². The molecule has 0 spiro atoms. The van der Waals surface area contributed by atoms with E-state index in [4.69, 9.17) is 21.3 Å². The molecule has 2 aromatic carbocycles. The topological polar surface area (TPSA) is 119 Å². The first-order chi connectivity index (χ1) is 23.4. The number of fused-ring (bicyclic) bond motifs is 3. The second kappa shape index (κ2) is 13.5.